The lowest BCUT2D eigenvalue weighted by Gasteiger charge is -2.23. The Morgan fingerprint density at radius 3 is 2.29 bits per heavy atom. The maximum Gasteiger partial charge on any atom is 0.413 e. The summed E-state index contributed by atoms with van der Waals surface area (Å²) in [4.78, 5) is 39.9. The van der Waals surface area contributed by atoms with Crippen LogP contribution in [-0.4, -0.2) is 51.9 Å². The summed E-state index contributed by atoms with van der Waals surface area (Å²) in [7, 11) is 0. The van der Waals surface area contributed by atoms with Crippen molar-refractivity contribution in [3.05, 3.63) is 70.7 Å². The molecule has 176 valence electrons. The van der Waals surface area contributed by atoms with Crippen LogP contribution in [0.2, 0.25) is 0 Å². The number of carbonyl (C=O) groups is 3. The molecule has 0 bridgehead atoms. The van der Waals surface area contributed by atoms with Crippen LogP contribution >= 0.6 is 11.3 Å². The van der Waals surface area contributed by atoms with Crippen LogP contribution in [-0.2, 0) is 20.7 Å². The number of benzene rings is 2. The van der Waals surface area contributed by atoms with Crippen LogP contribution in [0.25, 0.3) is 11.1 Å². The van der Waals surface area contributed by atoms with Crippen molar-refractivity contribution in [2.24, 2.45) is 0 Å². The Hall–Kier alpha value is -3.76. The van der Waals surface area contributed by atoms with E-state index in [4.69, 9.17) is 9.84 Å². The number of aromatic nitrogens is 1. The third-order valence-corrected chi connectivity index (χ3v) is 6.46. The topological polar surface area (TPSA) is 138 Å². The van der Waals surface area contributed by atoms with Crippen LogP contribution in [0.4, 0.5) is 9.93 Å². The number of aliphatic hydroxyl groups excluding tert-OH is 1. The minimum atomic E-state index is -1.78. The van der Waals surface area contributed by atoms with Crippen molar-refractivity contribution in [1.82, 2.24) is 10.3 Å². The molecule has 10 heteroatoms. The quantitative estimate of drug-likeness (QED) is 0.388. The Morgan fingerprint density at radius 2 is 1.71 bits per heavy atom. The van der Waals surface area contributed by atoms with Gasteiger partial charge in [0.1, 0.15) is 6.61 Å². The van der Waals surface area contributed by atoms with Crippen LogP contribution in [0.15, 0.2) is 53.9 Å². The Morgan fingerprint density at radius 1 is 1.09 bits per heavy atom. The maximum absolute atomic E-state index is 12.4. The van der Waals surface area contributed by atoms with Crippen molar-refractivity contribution >= 4 is 34.4 Å². The number of carbonyl (C=O) groups excluding carboxylic acids is 2. The Bertz CT molecular complexity index is 1200. The van der Waals surface area contributed by atoms with Gasteiger partial charge >= 0.3 is 12.1 Å². The van der Waals surface area contributed by atoms with Gasteiger partial charge in [-0.1, -0.05) is 48.5 Å². The predicted octanol–water partition coefficient (Wildman–Crippen LogP) is 3.00. The summed E-state index contributed by atoms with van der Waals surface area (Å²) in [6.07, 6.45) is -0.864. The van der Waals surface area contributed by atoms with Crippen LogP contribution in [0.5, 0.6) is 0 Å². The van der Waals surface area contributed by atoms with Gasteiger partial charge in [0.25, 0.3) is 0 Å². The third-order valence-electron chi connectivity index (χ3n) is 5.65. The summed E-state index contributed by atoms with van der Waals surface area (Å²) >= 11 is 1.12. The smallest absolute Gasteiger partial charge is 0.413 e. The molecule has 4 N–H and O–H groups in total. The zero-order valence-electron chi connectivity index (χ0n) is 18.3. The number of anilines is 1. The number of rotatable bonds is 8. The van der Waals surface area contributed by atoms with Gasteiger partial charge < -0.3 is 20.3 Å². The van der Waals surface area contributed by atoms with Crippen molar-refractivity contribution in [1.29, 1.82) is 0 Å². The van der Waals surface area contributed by atoms with Crippen molar-refractivity contribution in [3.8, 4) is 11.1 Å². The normalized spacial score (nSPS) is 13.9. The molecule has 1 aliphatic carbocycles. The van der Waals surface area contributed by atoms with E-state index < -0.39 is 30.1 Å². The van der Waals surface area contributed by atoms with E-state index in [1.165, 1.54) is 6.92 Å². The van der Waals surface area contributed by atoms with E-state index in [1.54, 1.807) is 5.38 Å². The van der Waals surface area contributed by atoms with E-state index in [1.807, 2.05) is 36.4 Å². The van der Waals surface area contributed by atoms with Gasteiger partial charge in [-0.15, -0.1) is 11.3 Å². The highest BCUT2D eigenvalue weighted by Gasteiger charge is 2.34. The maximum atomic E-state index is 12.4. The second kappa shape index (κ2) is 9.62. The molecule has 1 aromatic heterocycles. The molecule has 2 amide bonds. The van der Waals surface area contributed by atoms with Gasteiger partial charge in [0.15, 0.2) is 10.7 Å². The van der Waals surface area contributed by atoms with Crippen molar-refractivity contribution < 1.29 is 29.3 Å². The van der Waals surface area contributed by atoms with E-state index in [0.717, 1.165) is 33.6 Å². The monoisotopic (exact) mass is 481 g/mol. The zero-order valence-corrected chi connectivity index (χ0v) is 19.1. The molecular formula is C24H23N3O6S. The number of amides is 2. The van der Waals surface area contributed by atoms with E-state index >= 15 is 0 Å². The summed E-state index contributed by atoms with van der Waals surface area (Å²) in [5, 5.41) is 25.1. The molecule has 9 nitrogen and oxygen atoms in total. The zero-order chi connectivity index (χ0) is 24.3. The molecule has 34 heavy (non-hydrogen) atoms. The largest absolute Gasteiger partial charge is 0.479 e. The first-order valence-electron chi connectivity index (χ1n) is 10.5. The Balaban J connectivity index is 1.34. The SMILES string of the molecule is CC(CO)(NC(=O)Cc1csc(NC(=O)OCC2c3ccccc3-c3ccccc32)n1)C(=O)O. The summed E-state index contributed by atoms with van der Waals surface area (Å²) < 4.78 is 5.49. The number of aliphatic hydroxyl groups is 1. The fraction of sp³-hybridized carbons (Fsp3) is 0.250. The average molecular weight is 482 g/mol. The number of thiazole rings is 1. The standard InChI is InChI=1S/C24H23N3O6S/c1-24(13-28,21(30)31)27-20(29)10-14-12-34-22(25-14)26-23(32)33-11-19-17-8-4-2-6-15(17)16-7-3-5-9-18(16)19/h2-9,12,19,28H,10-11,13H2,1H3,(H,27,29)(H,30,31)(H,25,26,32). The number of carboxylic acid groups (broad SMARTS) is 1. The first-order chi connectivity index (χ1) is 16.3. The van der Waals surface area contributed by atoms with Gasteiger partial charge in [0, 0.05) is 11.3 Å². The molecule has 0 fully saturated rings. The first-order valence-corrected chi connectivity index (χ1v) is 11.4. The number of carboxylic acids is 1. The lowest BCUT2D eigenvalue weighted by atomic mass is 9.98. The van der Waals surface area contributed by atoms with Crippen molar-refractivity contribution in [2.45, 2.75) is 24.8 Å². The van der Waals surface area contributed by atoms with Crippen LogP contribution < -0.4 is 10.6 Å². The minimum Gasteiger partial charge on any atom is -0.479 e. The summed E-state index contributed by atoms with van der Waals surface area (Å²) in [6.45, 7) is 0.619. The van der Waals surface area contributed by atoms with E-state index in [0.29, 0.717) is 5.69 Å². The van der Waals surface area contributed by atoms with Gasteiger partial charge in [-0.05, 0) is 29.2 Å². The number of nitrogens with zero attached hydrogens (tertiary/aromatic N) is 1. The van der Waals surface area contributed by atoms with Crippen molar-refractivity contribution in [2.75, 3.05) is 18.5 Å². The summed E-state index contributed by atoms with van der Waals surface area (Å²) in [5.74, 6) is -2.03. The predicted molar refractivity (Wildman–Crippen MR) is 126 cm³/mol. The first kappa shape index (κ1) is 23.4. The number of ether oxygens (including phenoxy) is 1. The summed E-state index contributed by atoms with van der Waals surface area (Å²) in [6, 6.07) is 16.1. The van der Waals surface area contributed by atoms with Crippen molar-refractivity contribution in [3.63, 3.8) is 0 Å². The van der Waals surface area contributed by atoms with Crippen LogP contribution in [0.3, 0.4) is 0 Å². The third kappa shape index (κ3) is 4.78. The number of aliphatic carboxylic acids is 1. The second-order valence-corrected chi connectivity index (χ2v) is 8.97. The molecule has 4 rings (SSSR count). The molecular weight excluding hydrogens is 458 g/mol. The highest BCUT2D eigenvalue weighted by molar-refractivity contribution is 7.13. The highest BCUT2D eigenvalue weighted by atomic mass is 32.1. The highest BCUT2D eigenvalue weighted by Crippen LogP contribution is 2.44. The van der Waals surface area contributed by atoms with Crippen LogP contribution in [0.1, 0.15) is 29.7 Å². The van der Waals surface area contributed by atoms with E-state index in [2.05, 4.69) is 27.8 Å². The lowest BCUT2D eigenvalue weighted by Crippen LogP contribution is -2.55. The molecule has 1 aliphatic rings. The molecule has 1 atom stereocenters. The molecule has 0 radical (unpaired) electrons. The molecule has 0 spiro atoms. The molecule has 2 aromatic carbocycles. The Labute approximate surface area is 199 Å². The Kier molecular flexibility index (Phi) is 6.62. The lowest BCUT2D eigenvalue weighted by molar-refractivity contribution is -0.148. The van der Waals surface area contributed by atoms with Gasteiger partial charge in [-0.2, -0.15) is 0 Å². The molecule has 1 heterocycles. The number of hydrogen-bond donors (Lipinski definition) is 4. The van der Waals surface area contributed by atoms with E-state index in [9.17, 15) is 19.5 Å². The molecule has 1 unspecified atom stereocenters. The number of nitrogens with one attached hydrogen (secondary N) is 2. The van der Waals surface area contributed by atoms with Crippen LogP contribution in [0, 0.1) is 0 Å². The van der Waals surface area contributed by atoms with Gasteiger partial charge in [0.2, 0.25) is 5.91 Å². The molecule has 0 saturated heterocycles. The fourth-order valence-corrected chi connectivity index (χ4v) is 4.54. The molecule has 0 aliphatic heterocycles. The molecule has 3 aromatic rings. The average Bonchev–Trinajstić information content (AvgIpc) is 3.39. The second-order valence-electron chi connectivity index (χ2n) is 8.11. The molecule has 0 saturated carbocycles. The number of hydrogen-bond acceptors (Lipinski definition) is 7. The fourth-order valence-electron chi connectivity index (χ4n) is 3.84. The van der Waals surface area contributed by atoms with Gasteiger partial charge in [0.05, 0.1) is 18.7 Å². The number of fused-ring (bicyclic) bond motifs is 3. The van der Waals surface area contributed by atoms with E-state index in [-0.39, 0.29) is 24.1 Å². The van der Waals surface area contributed by atoms with Gasteiger partial charge in [-0.3, -0.25) is 10.1 Å². The summed E-state index contributed by atoms with van der Waals surface area (Å²) in [5.41, 5.74) is 3.05. The van der Waals surface area contributed by atoms with Gasteiger partial charge in [-0.25, -0.2) is 14.6 Å². The minimum absolute atomic E-state index is 0.0660.